The van der Waals surface area contributed by atoms with Crippen LogP contribution < -0.4 is 4.74 Å². The maximum Gasteiger partial charge on any atom is 0.178 e. The molecule has 1 saturated heterocycles. The van der Waals surface area contributed by atoms with Crippen LogP contribution in [0.1, 0.15) is 65.1 Å². The number of benzene rings is 1. The Morgan fingerprint density at radius 2 is 1.85 bits per heavy atom. The lowest BCUT2D eigenvalue weighted by Crippen LogP contribution is -2.42. The maximum atomic E-state index is 10.4. The first-order chi connectivity index (χ1) is 16.2. The van der Waals surface area contributed by atoms with Crippen LogP contribution in [0.4, 0.5) is 0 Å². The van der Waals surface area contributed by atoms with E-state index in [2.05, 4.69) is 64.7 Å². The van der Waals surface area contributed by atoms with Crippen LogP contribution >= 0.6 is 0 Å². The fourth-order valence-electron chi connectivity index (χ4n) is 5.29. The van der Waals surface area contributed by atoms with E-state index in [0.717, 1.165) is 61.1 Å². The summed E-state index contributed by atoms with van der Waals surface area (Å²) in [6, 6.07) is 7.00. The van der Waals surface area contributed by atoms with Crippen molar-refractivity contribution in [2.75, 3.05) is 19.7 Å². The molecule has 4 heterocycles. The standard InChI is InChI=1S/C26H36N6O2/c1-17(2)32-25(27-16-28-32)22-15-31-12-13-34-23-7-6-19(14-21(23)24(31)29-22)18(3)30-10-8-20(9-11-30)26(4,5)33/h6-7,14-18,20,33H,8-13H2,1-5H3. The largest absolute Gasteiger partial charge is 0.491 e. The molecule has 0 aliphatic carbocycles. The van der Waals surface area contributed by atoms with Crippen LogP contribution in [0.5, 0.6) is 5.75 Å². The molecule has 3 aromatic rings. The number of piperidine rings is 1. The molecule has 5 rings (SSSR count). The monoisotopic (exact) mass is 464 g/mol. The van der Waals surface area contributed by atoms with Gasteiger partial charge in [0.2, 0.25) is 0 Å². The zero-order valence-corrected chi connectivity index (χ0v) is 20.9. The zero-order chi connectivity index (χ0) is 24.0. The van der Waals surface area contributed by atoms with Gasteiger partial charge in [-0.1, -0.05) is 6.07 Å². The van der Waals surface area contributed by atoms with Crippen molar-refractivity contribution < 1.29 is 9.84 Å². The van der Waals surface area contributed by atoms with Gasteiger partial charge in [-0.3, -0.25) is 4.90 Å². The smallest absolute Gasteiger partial charge is 0.178 e. The van der Waals surface area contributed by atoms with Gasteiger partial charge in [0.15, 0.2) is 5.82 Å². The molecule has 1 aromatic carbocycles. The fourth-order valence-corrected chi connectivity index (χ4v) is 5.29. The summed E-state index contributed by atoms with van der Waals surface area (Å²) in [6.45, 7) is 13.7. The minimum Gasteiger partial charge on any atom is -0.491 e. The SMILES string of the molecule is CC(c1ccc2c(c1)-c1nc(-c3ncnn3C(C)C)cn1CCO2)N1CCC(C(C)(C)O)CC1. The topological polar surface area (TPSA) is 81.2 Å². The van der Waals surface area contributed by atoms with E-state index in [-0.39, 0.29) is 12.1 Å². The van der Waals surface area contributed by atoms with E-state index in [1.807, 2.05) is 18.5 Å². The highest BCUT2D eigenvalue weighted by atomic mass is 16.5. The van der Waals surface area contributed by atoms with Crippen molar-refractivity contribution in [3.8, 4) is 28.7 Å². The van der Waals surface area contributed by atoms with Gasteiger partial charge in [0.25, 0.3) is 0 Å². The lowest BCUT2D eigenvalue weighted by Gasteiger charge is -2.40. The van der Waals surface area contributed by atoms with Crippen molar-refractivity contribution in [2.45, 2.75) is 71.7 Å². The van der Waals surface area contributed by atoms with E-state index in [1.54, 1.807) is 6.33 Å². The summed E-state index contributed by atoms with van der Waals surface area (Å²) in [4.78, 5) is 12.0. The average Bonchev–Trinajstić information content (AvgIpc) is 3.42. The molecule has 2 aromatic heterocycles. The Hall–Kier alpha value is -2.71. The molecule has 2 aliphatic heterocycles. The van der Waals surface area contributed by atoms with Gasteiger partial charge < -0.3 is 14.4 Å². The fraction of sp³-hybridized carbons (Fsp3) is 0.577. The molecule has 1 fully saturated rings. The molecule has 8 nitrogen and oxygen atoms in total. The highest BCUT2D eigenvalue weighted by Gasteiger charge is 2.32. The van der Waals surface area contributed by atoms with E-state index in [4.69, 9.17) is 9.72 Å². The number of aromatic nitrogens is 5. The van der Waals surface area contributed by atoms with Crippen LogP contribution in [0.25, 0.3) is 22.9 Å². The number of aliphatic hydroxyl groups is 1. The number of likely N-dealkylation sites (tertiary alicyclic amines) is 1. The van der Waals surface area contributed by atoms with Crippen LogP contribution in [0.15, 0.2) is 30.7 Å². The van der Waals surface area contributed by atoms with Gasteiger partial charge in [-0.15, -0.1) is 0 Å². The highest BCUT2D eigenvalue weighted by molar-refractivity contribution is 5.69. The molecule has 0 amide bonds. The Bertz CT molecular complexity index is 1150. The predicted octanol–water partition coefficient (Wildman–Crippen LogP) is 4.33. The van der Waals surface area contributed by atoms with Gasteiger partial charge >= 0.3 is 0 Å². The van der Waals surface area contributed by atoms with Gasteiger partial charge in [0.05, 0.1) is 17.7 Å². The number of rotatable bonds is 5. The molecule has 2 aliphatic rings. The third kappa shape index (κ3) is 4.25. The Kier molecular flexibility index (Phi) is 5.98. The van der Waals surface area contributed by atoms with Crippen molar-refractivity contribution in [1.82, 2.24) is 29.2 Å². The highest BCUT2D eigenvalue weighted by Crippen LogP contribution is 2.38. The van der Waals surface area contributed by atoms with E-state index in [9.17, 15) is 5.11 Å². The molecule has 1 N–H and O–H groups in total. The number of ether oxygens (including phenoxy) is 1. The third-order valence-electron chi connectivity index (χ3n) is 7.46. The van der Waals surface area contributed by atoms with E-state index in [0.29, 0.717) is 12.5 Å². The Balaban J connectivity index is 1.44. The number of imidazole rings is 1. The molecule has 0 bridgehead atoms. The van der Waals surface area contributed by atoms with Gasteiger partial charge in [0.1, 0.15) is 30.2 Å². The summed E-state index contributed by atoms with van der Waals surface area (Å²) in [7, 11) is 0. The summed E-state index contributed by atoms with van der Waals surface area (Å²) >= 11 is 0. The summed E-state index contributed by atoms with van der Waals surface area (Å²) in [5, 5.41) is 14.8. The summed E-state index contributed by atoms with van der Waals surface area (Å²) in [5.41, 5.74) is 2.51. The van der Waals surface area contributed by atoms with E-state index < -0.39 is 5.60 Å². The van der Waals surface area contributed by atoms with Crippen LogP contribution in [0, 0.1) is 5.92 Å². The van der Waals surface area contributed by atoms with E-state index >= 15 is 0 Å². The predicted molar refractivity (Wildman–Crippen MR) is 132 cm³/mol. The third-order valence-corrected chi connectivity index (χ3v) is 7.46. The van der Waals surface area contributed by atoms with Gasteiger partial charge in [-0.05, 0) is 84.2 Å². The van der Waals surface area contributed by atoms with Gasteiger partial charge in [-0.25, -0.2) is 14.6 Å². The van der Waals surface area contributed by atoms with Gasteiger partial charge in [-0.2, -0.15) is 5.10 Å². The van der Waals surface area contributed by atoms with Crippen molar-refractivity contribution in [1.29, 1.82) is 0 Å². The lowest BCUT2D eigenvalue weighted by molar-refractivity contribution is -0.0179. The Labute approximate surface area is 201 Å². The number of fused-ring (bicyclic) bond motifs is 3. The molecule has 34 heavy (non-hydrogen) atoms. The molecule has 1 atom stereocenters. The normalized spacial score (nSPS) is 18.3. The second-order valence-corrected chi connectivity index (χ2v) is 10.5. The molecule has 0 spiro atoms. The zero-order valence-electron chi connectivity index (χ0n) is 20.9. The van der Waals surface area contributed by atoms with E-state index in [1.165, 1.54) is 5.56 Å². The summed E-state index contributed by atoms with van der Waals surface area (Å²) in [6.07, 6.45) is 5.70. The first kappa shape index (κ1) is 23.1. The second-order valence-electron chi connectivity index (χ2n) is 10.5. The Morgan fingerprint density at radius 1 is 1.09 bits per heavy atom. The van der Waals surface area contributed by atoms with Gasteiger partial charge in [0, 0.05) is 18.3 Å². The second kappa shape index (κ2) is 8.82. The van der Waals surface area contributed by atoms with Crippen molar-refractivity contribution >= 4 is 0 Å². The lowest BCUT2D eigenvalue weighted by atomic mass is 9.82. The van der Waals surface area contributed by atoms with Crippen molar-refractivity contribution in [2.24, 2.45) is 5.92 Å². The van der Waals surface area contributed by atoms with Crippen LogP contribution in [0.3, 0.4) is 0 Å². The van der Waals surface area contributed by atoms with Crippen molar-refractivity contribution in [3.63, 3.8) is 0 Å². The number of nitrogens with zero attached hydrogens (tertiary/aromatic N) is 6. The molecule has 1 unspecified atom stereocenters. The minimum absolute atomic E-state index is 0.211. The minimum atomic E-state index is -0.606. The molecule has 8 heteroatoms. The molecule has 0 radical (unpaired) electrons. The molecular weight excluding hydrogens is 428 g/mol. The first-order valence-corrected chi connectivity index (χ1v) is 12.4. The number of hydrogen-bond acceptors (Lipinski definition) is 6. The Morgan fingerprint density at radius 3 is 2.56 bits per heavy atom. The van der Waals surface area contributed by atoms with Crippen LogP contribution in [0.2, 0.25) is 0 Å². The molecule has 0 saturated carbocycles. The summed E-state index contributed by atoms with van der Waals surface area (Å²) in [5.74, 6) is 2.93. The molecule has 182 valence electrons. The first-order valence-electron chi connectivity index (χ1n) is 12.4. The summed E-state index contributed by atoms with van der Waals surface area (Å²) < 4.78 is 10.2. The molecular formula is C26H36N6O2. The van der Waals surface area contributed by atoms with Crippen LogP contribution in [-0.4, -0.2) is 59.6 Å². The van der Waals surface area contributed by atoms with Crippen LogP contribution in [-0.2, 0) is 6.54 Å². The average molecular weight is 465 g/mol. The quantitative estimate of drug-likeness (QED) is 0.605. The van der Waals surface area contributed by atoms with Crippen molar-refractivity contribution in [3.05, 3.63) is 36.3 Å². The maximum absolute atomic E-state index is 10.4. The number of hydrogen-bond donors (Lipinski definition) is 1.